The molecule has 0 aliphatic heterocycles. The number of amides is 2. The third kappa shape index (κ3) is 6.01. The molecule has 0 aromatic heterocycles. The maximum absolute atomic E-state index is 11.8. The van der Waals surface area contributed by atoms with Gasteiger partial charge in [-0.1, -0.05) is 23.2 Å². The monoisotopic (exact) mass is 332 g/mol. The number of halogens is 2. The number of nitrogens with one attached hydrogen (secondary N) is 2. The van der Waals surface area contributed by atoms with E-state index in [1.807, 2.05) is 0 Å². The van der Waals surface area contributed by atoms with E-state index in [4.69, 9.17) is 23.2 Å². The standard InChI is InChI=1S/C13H14Cl2N2O4/c1-2-21-12(19)7-16-11(18)6-17-13(20)8-3-4-9(14)10(15)5-8/h3-5H,2,6-7H2,1H3,(H,16,18)(H,17,20). The lowest BCUT2D eigenvalue weighted by atomic mass is 10.2. The van der Waals surface area contributed by atoms with Crippen molar-refractivity contribution in [1.29, 1.82) is 0 Å². The topological polar surface area (TPSA) is 84.5 Å². The molecular formula is C13H14Cl2N2O4. The van der Waals surface area contributed by atoms with Gasteiger partial charge in [0, 0.05) is 5.56 Å². The second-order valence-electron chi connectivity index (χ2n) is 3.89. The maximum Gasteiger partial charge on any atom is 0.325 e. The van der Waals surface area contributed by atoms with Gasteiger partial charge in [-0.15, -0.1) is 0 Å². The second kappa shape index (κ2) is 8.49. The Bertz CT molecular complexity index is 549. The van der Waals surface area contributed by atoms with Gasteiger partial charge in [-0.25, -0.2) is 0 Å². The van der Waals surface area contributed by atoms with Crippen LogP contribution in [0.4, 0.5) is 0 Å². The number of benzene rings is 1. The van der Waals surface area contributed by atoms with E-state index in [9.17, 15) is 14.4 Å². The van der Waals surface area contributed by atoms with E-state index in [0.29, 0.717) is 5.02 Å². The van der Waals surface area contributed by atoms with Gasteiger partial charge in [0.25, 0.3) is 5.91 Å². The van der Waals surface area contributed by atoms with Crippen molar-refractivity contribution in [3.63, 3.8) is 0 Å². The third-order valence-electron chi connectivity index (χ3n) is 2.33. The minimum absolute atomic E-state index is 0.239. The highest BCUT2D eigenvalue weighted by atomic mass is 35.5. The van der Waals surface area contributed by atoms with Crippen molar-refractivity contribution in [3.8, 4) is 0 Å². The molecule has 0 radical (unpaired) electrons. The fraction of sp³-hybridized carbons (Fsp3) is 0.308. The van der Waals surface area contributed by atoms with Gasteiger partial charge in [0.2, 0.25) is 5.91 Å². The van der Waals surface area contributed by atoms with Crippen LogP contribution in [0, 0.1) is 0 Å². The molecule has 1 aromatic carbocycles. The Labute approximate surface area is 131 Å². The summed E-state index contributed by atoms with van der Waals surface area (Å²) in [5, 5.41) is 5.30. The van der Waals surface area contributed by atoms with Crippen molar-refractivity contribution in [3.05, 3.63) is 33.8 Å². The lowest BCUT2D eigenvalue weighted by Crippen LogP contribution is -2.39. The molecule has 0 unspecified atom stereocenters. The van der Waals surface area contributed by atoms with Crippen LogP contribution in [0.2, 0.25) is 10.0 Å². The van der Waals surface area contributed by atoms with Crippen molar-refractivity contribution >= 4 is 41.0 Å². The smallest absolute Gasteiger partial charge is 0.325 e. The number of rotatable bonds is 6. The van der Waals surface area contributed by atoms with E-state index < -0.39 is 17.8 Å². The highest BCUT2D eigenvalue weighted by Gasteiger charge is 2.10. The van der Waals surface area contributed by atoms with Crippen LogP contribution in [-0.2, 0) is 14.3 Å². The van der Waals surface area contributed by atoms with Crippen LogP contribution in [0.3, 0.4) is 0 Å². The Kier molecular flexibility index (Phi) is 6.98. The van der Waals surface area contributed by atoms with Gasteiger partial charge >= 0.3 is 5.97 Å². The van der Waals surface area contributed by atoms with Crippen LogP contribution in [0.25, 0.3) is 0 Å². The van der Waals surface area contributed by atoms with Gasteiger partial charge in [0.15, 0.2) is 0 Å². The molecule has 114 valence electrons. The van der Waals surface area contributed by atoms with Crippen LogP contribution in [0.1, 0.15) is 17.3 Å². The zero-order chi connectivity index (χ0) is 15.8. The van der Waals surface area contributed by atoms with Gasteiger partial charge in [0.05, 0.1) is 23.2 Å². The molecule has 0 fully saturated rings. The van der Waals surface area contributed by atoms with Crippen molar-refractivity contribution < 1.29 is 19.1 Å². The van der Waals surface area contributed by atoms with E-state index >= 15 is 0 Å². The highest BCUT2D eigenvalue weighted by molar-refractivity contribution is 6.42. The molecule has 8 heteroatoms. The Balaban J connectivity index is 2.40. The maximum atomic E-state index is 11.8. The normalized spacial score (nSPS) is 9.86. The number of esters is 1. The van der Waals surface area contributed by atoms with Crippen LogP contribution in [0.5, 0.6) is 0 Å². The van der Waals surface area contributed by atoms with Gasteiger partial charge in [-0.2, -0.15) is 0 Å². The average molecular weight is 333 g/mol. The zero-order valence-corrected chi connectivity index (χ0v) is 12.8. The molecule has 1 aromatic rings. The summed E-state index contributed by atoms with van der Waals surface area (Å²) in [6.07, 6.45) is 0. The summed E-state index contributed by atoms with van der Waals surface area (Å²) in [6.45, 7) is 1.40. The van der Waals surface area contributed by atoms with E-state index in [-0.39, 0.29) is 30.3 Å². The lowest BCUT2D eigenvalue weighted by Gasteiger charge is -2.07. The molecule has 0 bridgehead atoms. The van der Waals surface area contributed by atoms with Crippen molar-refractivity contribution in [2.75, 3.05) is 19.7 Å². The van der Waals surface area contributed by atoms with Crippen molar-refractivity contribution in [1.82, 2.24) is 10.6 Å². The Morgan fingerprint density at radius 1 is 1.10 bits per heavy atom. The SMILES string of the molecule is CCOC(=O)CNC(=O)CNC(=O)c1ccc(Cl)c(Cl)c1. The number of carbonyl (C=O) groups excluding carboxylic acids is 3. The minimum atomic E-state index is -0.540. The number of carbonyl (C=O) groups is 3. The minimum Gasteiger partial charge on any atom is -0.465 e. The first-order valence-corrected chi connectivity index (χ1v) is 6.85. The molecule has 0 aliphatic carbocycles. The number of hydrogen-bond donors (Lipinski definition) is 2. The summed E-state index contributed by atoms with van der Waals surface area (Å²) < 4.78 is 4.64. The van der Waals surface area contributed by atoms with Crippen LogP contribution < -0.4 is 10.6 Å². The van der Waals surface area contributed by atoms with E-state index in [1.165, 1.54) is 18.2 Å². The second-order valence-corrected chi connectivity index (χ2v) is 4.71. The van der Waals surface area contributed by atoms with Gasteiger partial charge in [0.1, 0.15) is 6.54 Å². The summed E-state index contributed by atoms with van der Waals surface area (Å²) in [7, 11) is 0. The summed E-state index contributed by atoms with van der Waals surface area (Å²) in [5.74, 6) is -1.52. The first kappa shape index (κ1) is 17.3. The Morgan fingerprint density at radius 3 is 2.43 bits per heavy atom. The van der Waals surface area contributed by atoms with Crippen LogP contribution >= 0.6 is 23.2 Å². The van der Waals surface area contributed by atoms with Crippen molar-refractivity contribution in [2.45, 2.75) is 6.92 Å². The molecule has 2 amide bonds. The fourth-order valence-electron chi connectivity index (χ4n) is 1.35. The molecule has 0 aliphatic rings. The quantitative estimate of drug-likeness (QED) is 0.771. The first-order chi connectivity index (χ1) is 9.93. The average Bonchev–Trinajstić information content (AvgIpc) is 2.45. The predicted octanol–water partition coefficient (Wildman–Crippen LogP) is 1.40. The van der Waals surface area contributed by atoms with Gasteiger partial charge in [-0.3, -0.25) is 14.4 Å². The molecular weight excluding hydrogens is 319 g/mol. The fourth-order valence-corrected chi connectivity index (χ4v) is 1.64. The molecule has 6 nitrogen and oxygen atoms in total. The first-order valence-electron chi connectivity index (χ1n) is 6.09. The van der Waals surface area contributed by atoms with E-state index in [0.717, 1.165) is 0 Å². The summed E-state index contributed by atoms with van der Waals surface area (Å²) in [4.78, 5) is 34.2. The lowest BCUT2D eigenvalue weighted by molar-refractivity contribution is -0.143. The zero-order valence-electron chi connectivity index (χ0n) is 11.2. The molecule has 0 saturated heterocycles. The van der Waals surface area contributed by atoms with E-state index in [2.05, 4.69) is 15.4 Å². The Morgan fingerprint density at radius 2 is 1.81 bits per heavy atom. The predicted molar refractivity (Wildman–Crippen MR) is 78.4 cm³/mol. The van der Waals surface area contributed by atoms with Crippen LogP contribution in [0.15, 0.2) is 18.2 Å². The van der Waals surface area contributed by atoms with Crippen molar-refractivity contribution in [2.24, 2.45) is 0 Å². The number of ether oxygens (including phenoxy) is 1. The molecule has 0 saturated carbocycles. The molecule has 2 N–H and O–H groups in total. The molecule has 1 rings (SSSR count). The van der Waals surface area contributed by atoms with Gasteiger partial charge < -0.3 is 15.4 Å². The largest absolute Gasteiger partial charge is 0.465 e. The summed E-state index contributed by atoms with van der Waals surface area (Å²) >= 11 is 11.5. The molecule has 0 spiro atoms. The van der Waals surface area contributed by atoms with E-state index in [1.54, 1.807) is 6.92 Å². The molecule has 0 heterocycles. The summed E-state index contributed by atoms with van der Waals surface area (Å²) in [5.41, 5.74) is 0.280. The Hall–Kier alpha value is -1.79. The number of hydrogen-bond acceptors (Lipinski definition) is 4. The molecule has 0 atom stereocenters. The summed E-state index contributed by atoms with van der Waals surface area (Å²) in [6, 6.07) is 4.37. The van der Waals surface area contributed by atoms with Crippen LogP contribution in [-0.4, -0.2) is 37.5 Å². The third-order valence-corrected chi connectivity index (χ3v) is 3.07. The van der Waals surface area contributed by atoms with Gasteiger partial charge in [-0.05, 0) is 25.1 Å². The highest BCUT2D eigenvalue weighted by Crippen LogP contribution is 2.22. The molecule has 21 heavy (non-hydrogen) atoms.